The van der Waals surface area contributed by atoms with E-state index < -0.39 is 10.8 Å². The number of hydrogen-bond acceptors (Lipinski definition) is 5. The zero-order valence-electron chi connectivity index (χ0n) is 16.1. The predicted octanol–water partition coefficient (Wildman–Crippen LogP) is 3.14. The molecule has 0 aliphatic carbocycles. The van der Waals surface area contributed by atoms with E-state index in [4.69, 9.17) is 0 Å². The molecule has 0 saturated heterocycles. The third-order valence-corrected chi connectivity index (χ3v) is 4.35. The number of nitro groups is 1. The van der Waals surface area contributed by atoms with Gasteiger partial charge in [0.15, 0.2) is 0 Å². The number of hydrazone groups is 1. The number of carbonyl (C=O) groups is 1. The quantitative estimate of drug-likeness (QED) is 0.380. The maximum Gasteiger partial charge on any atom is 0.273 e. The molecular weight excluding hydrogens is 370 g/mol. The molecule has 0 aliphatic rings. The third-order valence-electron chi connectivity index (χ3n) is 4.35. The molecule has 0 spiro atoms. The van der Waals surface area contributed by atoms with Gasteiger partial charge in [-0.15, -0.1) is 0 Å². The van der Waals surface area contributed by atoms with Crippen LogP contribution in [0.5, 0.6) is 0 Å². The fraction of sp³-hybridized carbons (Fsp3) is 0.143. The highest BCUT2D eigenvalue weighted by Crippen LogP contribution is 2.18. The van der Waals surface area contributed by atoms with Gasteiger partial charge in [0.25, 0.3) is 5.69 Å². The summed E-state index contributed by atoms with van der Waals surface area (Å²) in [5, 5.41) is 15.0. The van der Waals surface area contributed by atoms with Crippen LogP contribution in [-0.2, 0) is 11.2 Å². The maximum absolute atomic E-state index is 12.1. The molecule has 3 aromatic rings. The van der Waals surface area contributed by atoms with Gasteiger partial charge in [-0.3, -0.25) is 14.9 Å². The molecule has 29 heavy (non-hydrogen) atoms. The van der Waals surface area contributed by atoms with Crippen molar-refractivity contribution in [3.8, 4) is 5.69 Å². The van der Waals surface area contributed by atoms with Gasteiger partial charge in [-0.2, -0.15) is 5.10 Å². The minimum absolute atomic E-state index is 0.0818. The Morgan fingerprint density at radius 1 is 1.14 bits per heavy atom. The molecule has 1 N–H and O–H groups in total. The van der Waals surface area contributed by atoms with Gasteiger partial charge >= 0.3 is 0 Å². The molecule has 148 valence electrons. The highest BCUT2D eigenvalue weighted by atomic mass is 16.6. The molecule has 2 aromatic carbocycles. The van der Waals surface area contributed by atoms with E-state index in [1.807, 2.05) is 66.2 Å². The fourth-order valence-electron chi connectivity index (χ4n) is 2.87. The fourth-order valence-corrected chi connectivity index (χ4v) is 2.87. The number of aromatic nitrogens is 1. The summed E-state index contributed by atoms with van der Waals surface area (Å²) in [5.74, 6) is -0.427. The summed E-state index contributed by atoms with van der Waals surface area (Å²) in [6, 6.07) is 18.0. The van der Waals surface area contributed by atoms with E-state index in [0.29, 0.717) is 5.56 Å². The highest BCUT2D eigenvalue weighted by molar-refractivity contribution is 5.83. The molecule has 8 nitrogen and oxygen atoms in total. The molecule has 0 bridgehead atoms. The largest absolute Gasteiger partial charge is 0.378 e. The first-order valence-electron chi connectivity index (χ1n) is 8.95. The van der Waals surface area contributed by atoms with Gasteiger partial charge in [0, 0.05) is 43.3 Å². The van der Waals surface area contributed by atoms with Gasteiger partial charge in [0.1, 0.15) is 0 Å². The lowest BCUT2D eigenvalue weighted by atomic mass is 10.1. The Hall–Kier alpha value is -3.94. The van der Waals surface area contributed by atoms with Crippen LogP contribution in [0.4, 0.5) is 11.4 Å². The average Bonchev–Trinajstić information content (AvgIpc) is 3.17. The molecule has 0 aliphatic heterocycles. The predicted molar refractivity (Wildman–Crippen MR) is 113 cm³/mol. The molecule has 0 atom stereocenters. The summed E-state index contributed by atoms with van der Waals surface area (Å²) in [7, 11) is 3.96. The van der Waals surface area contributed by atoms with Crippen molar-refractivity contribution in [2.75, 3.05) is 19.0 Å². The first kappa shape index (κ1) is 19.8. The van der Waals surface area contributed by atoms with Gasteiger partial charge in [-0.25, -0.2) is 5.43 Å². The smallest absolute Gasteiger partial charge is 0.273 e. The number of rotatable bonds is 7. The van der Waals surface area contributed by atoms with Crippen LogP contribution in [0.3, 0.4) is 0 Å². The number of amides is 1. The number of carbonyl (C=O) groups excluding carboxylic acids is 1. The number of benzene rings is 2. The molecule has 8 heteroatoms. The normalized spacial score (nSPS) is 10.8. The van der Waals surface area contributed by atoms with E-state index in [1.54, 1.807) is 18.2 Å². The van der Waals surface area contributed by atoms with Crippen LogP contribution in [-0.4, -0.2) is 35.7 Å². The number of nitrogens with zero attached hydrogens (tertiary/aromatic N) is 4. The van der Waals surface area contributed by atoms with E-state index in [2.05, 4.69) is 10.5 Å². The number of nitrogens with one attached hydrogen (secondary N) is 1. The molecule has 3 rings (SSSR count). The van der Waals surface area contributed by atoms with Gasteiger partial charge in [0.05, 0.1) is 23.3 Å². The van der Waals surface area contributed by atoms with Crippen molar-refractivity contribution < 1.29 is 9.72 Å². The molecule has 0 radical (unpaired) electrons. The third kappa shape index (κ3) is 4.86. The van der Waals surface area contributed by atoms with Crippen LogP contribution in [0, 0.1) is 10.1 Å². The van der Waals surface area contributed by atoms with Gasteiger partial charge in [-0.1, -0.05) is 18.2 Å². The Labute approximate surface area is 168 Å². The molecule has 0 saturated carbocycles. The SMILES string of the molecule is CN(C)c1ccc(-n2cccc2/C=N/NC(=O)Cc2ccccc2[N+](=O)[O-])cc1. The lowest BCUT2D eigenvalue weighted by Gasteiger charge is -2.13. The van der Waals surface area contributed by atoms with Crippen molar-refractivity contribution in [3.63, 3.8) is 0 Å². The Bertz CT molecular complexity index is 1040. The molecule has 1 heterocycles. The Morgan fingerprint density at radius 2 is 1.86 bits per heavy atom. The standard InChI is InChI=1S/C21H21N5O3/c1-24(2)17-9-11-18(12-10-17)25-13-5-7-19(25)15-22-23-21(27)14-16-6-3-4-8-20(16)26(28)29/h3-13,15H,14H2,1-2H3,(H,23,27)/b22-15+. The summed E-state index contributed by atoms with van der Waals surface area (Å²) in [6.45, 7) is 0. The minimum atomic E-state index is -0.500. The molecule has 0 unspecified atom stereocenters. The van der Waals surface area contributed by atoms with Crippen LogP contribution in [0.25, 0.3) is 5.69 Å². The molecule has 0 fully saturated rings. The zero-order chi connectivity index (χ0) is 20.8. The molecule has 1 aromatic heterocycles. The maximum atomic E-state index is 12.1. The average molecular weight is 391 g/mol. The molecule has 1 amide bonds. The Morgan fingerprint density at radius 3 is 2.55 bits per heavy atom. The second kappa shape index (κ2) is 8.83. The Kier molecular flexibility index (Phi) is 6.03. The van der Waals surface area contributed by atoms with Crippen LogP contribution < -0.4 is 10.3 Å². The monoisotopic (exact) mass is 391 g/mol. The number of anilines is 1. The summed E-state index contributed by atoms with van der Waals surface area (Å²) in [5.41, 5.74) is 5.53. The van der Waals surface area contributed by atoms with Gasteiger partial charge in [-0.05, 0) is 36.4 Å². The first-order valence-corrected chi connectivity index (χ1v) is 8.95. The summed E-state index contributed by atoms with van der Waals surface area (Å²) in [4.78, 5) is 24.7. The van der Waals surface area contributed by atoms with E-state index in [9.17, 15) is 14.9 Å². The van der Waals surface area contributed by atoms with Crippen molar-refractivity contribution in [1.29, 1.82) is 0 Å². The number of para-hydroxylation sites is 1. The van der Waals surface area contributed by atoms with Gasteiger partial charge in [0.2, 0.25) is 5.91 Å². The summed E-state index contributed by atoms with van der Waals surface area (Å²) < 4.78 is 1.94. The van der Waals surface area contributed by atoms with Crippen molar-refractivity contribution in [2.24, 2.45) is 5.10 Å². The first-order chi connectivity index (χ1) is 14.0. The minimum Gasteiger partial charge on any atom is -0.378 e. The van der Waals surface area contributed by atoms with E-state index in [0.717, 1.165) is 17.1 Å². The molecular formula is C21H21N5O3. The second-order valence-corrected chi connectivity index (χ2v) is 6.57. The van der Waals surface area contributed by atoms with E-state index in [-0.39, 0.29) is 12.1 Å². The number of hydrogen-bond donors (Lipinski definition) is 1. The van der Waals surface area contributed by atoms with Crippen LogP contribution in [0.15, 0.2) is 72.0 Å². The lowest BCUT2D eigenvalue weighted by Crippen LogP contribution is -2.20. The van der Waals surface area contributed by atoms with Crippen molar-refractivity contribution in [2.45, 2.75) is 6.42 Å². The summed E-state index contributed by atoms with van der Waals surface area (Å²) in [6.07, 6.45) is 3.32. The van der Waals surface area contributed by atoms with E-state index in [1.165, 1.54) is 12.3 Å². The van der Waals surface area contributed by atoms with Gasteiger partial charge < -0.3 is 9.47 Å². The van der Waals surface area contributed by atoms with Crippen molar-refractivity contribution >= 4 is 23.5 Å². The lowest BCUT2D eigenvalue weighted by molar-refractivity contribution is -0.385. The van der Waals surface area contributed by atoms with E-state index >= 15 is 0 Å². The Balaban J connectivity index is 1.67. The van der Waals surface area contributed by atoms with Crippen LogP contribution in [0.1, 0.15) is 11.3 Å². The number of nitro benzene ring substituents is 1. The zero-order valence-corrected chi connectivity index (χ0v) is 16.1. The topological polar surface area (TPSA) is 92.8 Å². The van der Waals surface area contributed by atoms with Crippen molar-refractivity contribution in [1.82, 2.24) is 9.99 Å². The van der Waals surface area contributed by atoms with Crippen molar-refractivity contribution in [3.05, 3.63) is 88.2 Å². The van der Waals surface area contributed by atoms with Crippen LogP contribution in [0.2, 0.25) is 0 Å². The van der Waals surface area contributed by atoms with Crippen LogP contribution >= 0.6 is 0 Å². The second-order valence-electron chi connectivity index (χ2n) is 6.57. The highest BCUT2D eigenvalue weighted by Gasteiger charge is 2.15. The summed E-state index contributed by atoms with van der Waals surface area (Å²) >= 11 is 0.